The summed E-state index contributed by atoms with van der Waals surface area (Å²) in [6.45, 7) is 13.3. The van der Waals surface area contributed by atoms with Gasteiger partial charge in [-0.2, -0.15) is 0 Å². The van der Waals surface area contributed by atoms with E-state index in [9.17, 15) is 44.7 Å². The molecule has 3 aromatic heterocycles. The molecule has 18 heteroatoms. The van der Waals surface area contributed by atoms with Gasteiger partial charge in [0.15, 0.2) is 0 Å². The number of nitrogens with zero attached hydrogens (tertiary/aromatic N) is 3. The molecule has 5 heterocycles. The monoisotopic (exact) mass is 799 g/mol. The van der Waals surface area contributed by atoms with Crippen LogP contribution in [0.1, 0.15) is 102 Å². The molecule has 0 radical (unpaired) electrons. The molecule has 0 saturated heterocycles. The number of aromatic nitrogens is 4. The maximum atomic E-state index is 12.9. The number of aryl methyl sites for hydroxylation is 3. The molecule has 3 N–H and O–H groups in total. The Kier molecular flexibility index (Phi) is 20.2. The Morgan fingerprint density at radius 2 is 1.52 bits per heavy atom. The molecule has 0 aliphatic carbocycles. The number of carbonyl (C=O) groups excluding carboxylic acids is 3. The topological polar surface area (TPSA) is 250 Å². The fourth-order valence-electron chi connectivity index (χ4n) is 7.10. The van der Waals surface area contributed by atoms with Gasteiger partial charge in [0, 0.05) is 75.5 Å². The van der Waals surface area contributed by atoms with Gasteiger partial charge in [-0.25, -0.2) is 9.78 Å². The molecule has 14 nitrogen and oxygen atoms in total. The molecule has 8 bridgehead atoms. The number of aromatic amines is 2. The predicted octanol–water partition coefficient (Wildman–Crippen LogP) is -10.9. The largest absolute Gasteiger partial charge is 1.00 e. The second-order valence-electron chi connectivity index (χ2n) is 13.0. The van der Waals surface area contributed by atoms with Crippen molar-refractivity contribution in [3.05, 3.63) is 75.4 Å². The van der Waals surface area contributed by atoms with Gasteiger partial charge in [0.25, 0.3) is 0 Å². The Bertz CT molecular complexity index is 2280. The summed E-state index contributed by atoms with van der Waals surface area (Å²) in [5.74, 6) is -8.53. The van der Waals surface area contributed by atoms with E-state index in [-0.39, 0.29) is 154 Å². The first-order chi connectivity index (χ1) is 24.6. The van der Waals surface area contributed by atoms with Crippen LogP contribution < -0.4 is 139 Å². The summed E-state index contributed by atoms with van der Waals surface area (Å²) in [6.07, 6.45) is 0.173. The average molecular weight is 800 g/mol. The number of hydrogen-bond acceptors (Lipinski definition) is 11. The van der Waals surface area contributed by atoms with E-state index < -0.39 is 60.5 Å². The molecule has 2 aliphatic heterocycles. The fraction of sp³-hybridized carbons (Fsp3) is 0.342. The van der Waals surface area contributed by atoms with Crippen molar-refractivity contribution in [2.45, 2.75) is 84.6 Å². The minimum atomic E-state index is -1.96. The van der Waals surface area contributed by atoms with Crippen LogP contribution in [0.4, 0.5) is 0 Å². The van der Waals surface area contributed by atoms with Gasteiger partial charge in [0.2, 0.25) is 0 Å². The van der Waals surface area contributed by atoms with Crippen LogP contribution in [-0.4, -0.2) is 60.9 Å². The fourth-order valence-corrected chi connectivity index (χ4v) is 7.10. The van der Waals surface area contributed by atoms with Gasteiger partial charge in [-0.05, 0) is 86.4 Å². The van der Waals surface area contributed by atoms with E-state index in [0.717, 1.165) is 33.3 Å². The number of allylic oxidation sites excluding steroid dienone is 1. The molecule has 56 heavy (non-hydrogen) atoms. The molecule has 272 valence electrons. The maximum Gasteiger partial charge on any atom is 1.00 e. The summed E-state index contributed by atoms with van der Waals surface area (Å²) in [5.41, 5.74) is 7.59. The molecule has 5 rings (SSSR count). The van der Waals surface area contributed by atoms with Crippen molar-refractivity contribution in [3.8, 4) is 0 Å². The van der Waals surface area contributed by atoms with Crippen LogP contribution in [0.15, 0.2) is 29.8 Å². The average Bonchev–Trinajstić information content (AvgIpc) is 3.74. The van der Waals surface area contributed by atoms with Gasteiger partial charge >= 0.3 is 124 Å². The summed E-state index contributed by atoms with van der Waals surface area (Å²) in [7, 11) is 0. The van der Waals surface area contributed by atoms with Crippen LogP contribution in [0.3, 0.4) is 0 Å². The first kappa shape index (κ1) is 52.0. The third-order valence-electron chi connectivity index (χ3n) is 9.87. The van der Waals surface area contributed by atoms with Crippen LogP contribution in [0.25, 0.3) is 39.3 Å². The van der Waals surface area contributed by atoms with Crippen molar-refractivity contribution >= 4 is 69.1 Å². The molecule has 0 aromatic carbocycles. The number of hydrogen-bond donors (Lipinski definition) is 3. The van der Waals surface area contributed by atoms with Crippen molar-refractivity contribution in [2.24, 2.45) is 4.99 Å². The number of rotatable bonds is 12. The SMILES string of the molecule is C=Cc1c(C)c2cc3nc(c(CC(=O)[O-])c4nc(cc5[nH]c(cc1[nH]2)c(C)c5CC)C(C)=C4C(=O)O)[C@@H](CCC([O-])=NC(CC(=O)[O-])C(=O)[O-])[C@@H]3C.[Na+].[Na+].[Na+].[Na+]. The first-order valence-electron chi connectivity index (χ1n) is 16.7. The molecule has 0 amide bonds. The van der Waals surface area contributed by atoms with E-state index in [1.165, 1.54) is 0 Å². The van der Waals surface area contributed by atoms with E-state index in [1.807, 2.05) is 33.8 Å². The summed E-state index contributed by atoms with van der Waals surface area (Å²) in [5, 5.41) is 58.1. The van der Waals surface area contributed by atoms with Gasteiger partial charge in [0.1, 0.15) is 0 Å². The smallest absolute Gasteiger partial charge is 0.862 e. The Morgan fingerprint density at radius 1 is 0.893 bits per heavy atom. The molecule has 3 aromatic rings. The number of carbonyl (C=O) groups is 4. The third kappa shape index (κ3) is 11.0. The zero-order valence-electron chi connectivity index (χ0n) is 33.3. The van der Waals surface area contributed by atoms with E-state index in [1.54, 1.807) is 25.1 Å². The summed E-state index contributed by atoms with van der Waals surface area (Å²) in [6, 6.07) is 3.55. The van der Waals surface area contributed by atoms with Crippen molar-refractivity contribution < 1.29 is 163 Å². The first-order valence-corrected chi connectivity index (χ1v) is 16.7. The molecule has 0 saturated carbocycles. The van der Waals surface area contributed by atoms with E-state index >= 15 is 0 Å². The van der Waals surface area contributed by atoms with Gasteiger partial charge in [0.05, 0.1) is 34.7 Å². The Labute approximate surface area is 412 Å². The van der Waals surface area contributed by atoms with Crippen molar-refractivity contribution in [3.63, 3.8) is 0 Å². The zero-order chi connectivity index (χ0) is 38.2. The molecular weight excluding hydrogens is 762 g/mol. The third-order valence-corrected chi connectivity index (χ3v) is 9.87. The Hall–Kier alpha value is -2.05. The van der Waals surface area contributed by atoms with Crippen LogP contribution in [-0.2, 0) is 32.0 Å². The van der Waals surface area contributed by atoms with Crippen molar-refractivity contribution in [1.82, 2.24) is 19.9 Å². The number of aliphatic carboxylic acids is 4. The summed E-state index contributed by atoms with van der Waals surface area (Å²) >= 11 is 0. The normalized spacial score (nSPS) is 15.3. The number of aliphatic imine (C=N–C) groups is 1. The van der Waals surface area contributed by atoms with Crippen LogP contribution in [0, 0.1) is 13.8 Å². The molecular formula is C38H37N5Na4O9. The van der Waals surface area contributed by atoms with Crippen LogP contribution in [0.5, 0.6) is 0 Å². The maximum absolute atomic E-state index is 12.9. The van der Waals surface area contributed by atoms with Gasteiger partial charge in [-0.1, -0.05) is 26.5 Å². The number of fused-ring (bicyclic) bond motifs is 8. The van der Waals surface area contributed by atoms with Gasteiger partial charge < -0.3 is 49.9 Å². The minimum absolute atomic E-state index is 0. The second kappa shape index (κ2) is 21.8. The quantitative estimate of drug-likeness (QED) is 0.0882. The van der Waals surface area contributed by atoms with E-state index in [2.05, 4.69) is 21.5 Å². The van der Waals surface area contributed by atoms with Crippen LogP contribution >= 0.6 is 0 Å². The molecule has 0 fully saturated rings. The van der Waals surface area contributed by atoms with Gasteiger partial charge in [-0.15, -0.1) is 0 Å². The number of carboxylic acid groups (broad SMARTS) is 4. The Morgan fingerprint density at radius 3 is 2.07 bits per heavy atom. The molecule has 1 unspecified atom stereocenters. The van der Waals surface area contributed by atoms with E-state index in [4.69, 9.17) is 9.97 Å². The van der Waals surface area contributed by atoms with E-state index in [0.29, 0.717) is 34.4 Å². The molecule has 2 aliphatic rings. The Balaban J connectivity index is 0.00000392. The standard InChI is InChI=1S/C38H41N5O9.4Na/c1-7-20-16(3)24-12-26-18(5)22(9-10-31(44)41-30(37(49)50)15-33(47)48)35(42-26)23(11-32(45)46)36-34(38(51)52)19(6)27(43-36)14-29-21(8-2)17(4)25(40-29)13-28(20)39-24;;;;/h7,12-14,18,22,30,39-40H,1,8-11,15H2,2-6H3,(H,41,44)(H,45,46)(H,47,48)(H,49,50)(H,51,52);;;;/q;4*+1/p-4/t18-,22-,30?;;;;/m0..../s1. The van der Waals surface area contributed by atoms with Crippen molar-refractivity contribution in [1.29, 1.82) is 0 Å². The van der Waals surface area contributed by atoms with Gasteiger partial charge in [-0.3, -0.25) is 9.98 Å². The number of H-pyrrole nitrogens is 2. The minimum Gasteiger partial charge on any atom is -0.862 e. The molecule has 3 atom stereocenters. The number of carboxylic acids is 4. The zero-order valence-corrected chi connectivity index (χ0v) is 41.3. The number of nitrogens with one attached hydrogen (secondary N) is 2. The summed E-state index contributed by atoms with van der Waals surface area (Å²) in [4.78, 5) is 67.6. The van der Waals surface area contributed by atoms with Crippen LogP contribution in [0.2, 0.25) is 0 Å². The second-order valence-corrected chi connectivity index (χ2v) is 13.0. The predicted molar refractivity (Wildman–Crippen MR) is 185 cm³/mol. The summed E-state index contributed by atoms with van der Waals surface area (Å²) < 4.78 is 0. The van der Waals surface area contributed by atoms with Crippen molar-refractivity contribution in [2.75, 3.05) is 0 Å². The molecule has 0 spiro atoms.